The molecule has 2 aromatic rings. The molecule has 0 spiro atoms. The molecule has 3 N–H and O–H groups in total. The first-order valence-electron chi connectivity index (χ1n) is 9.46. The number of benzene rings is 2. The summed E-state index contributed by atoms with van der Waals surface area (Å²) in [6.07, 6.45) is 0. The summed E-state index contributed by atoms with van der Waals surface area (Å²) >= 11 is 0. The molecule has 0 aliphatic carbocycles. The number of carbonyl (C=O) groups is 3. The fourth-order valence-corrected chi connectivity index (χ4v) is 2.76. The van der Waals surface area contributed by atoms with Crippen molar-refractivity contribution in [2.24, 2.45) is 5.92 Å². The van der Waals surface area contributed by atoms with Crippen LogP contribution in [0.3, 0.4) is 0 Å². The molecule has 2 aromatic carbocycles. The summed E-state index contributed by atoms with van der Waals surface area (Å²) in [5.74, 6) is -0.139. The first-order valence-corrected chi connectivity index (χ1v) is 9.46. The van der Waals surface area contributed by atoms with Crippen LogP contribution < -0.4 is 25.4 Å². The standard InChI is InChI=1S/C22H27N3O5/c1-13(2)20(22(28)24-17-8-6-16(7-9-17)23-14(3)26)25-21(27)15-10-18(29-4)12-19(11-15)30-5/h6-13,20H,1-5H3,(H,23,26)(H,24,28)(H,25,27)/t20-/m0/s1. The average molecular weight is 413 g/mol. The lowest BCUT2D eigenvalue weighted by Crippen LogP contribution is -2.47. The van der Waals surface area contributed by atoms with Gasteiger partial charge in [0.05, 0.1) is 14.2 Å². The van der Waals surface area contributed by atoms with E-state index in [0.717, 1.165) is 0 Å². The number of hydrogen-bond acceptors (Lipinski definition) is 5. The number of carbonyl (C=O) groups excluding carboxylic acids is 3. The van der Waals surface area contributed by atoms with E-state index in [9.17, 15) is 14.4 Å². The van der Waals surface area contributed by atoms with E-state index in [4.69, 9.17) is 9.47 Å². The summed E-state index contributed by atoms with van der Waals surface area (Å²) < 4.78 is 10.4. The topological polar surface area (TPSA) is 106 Å². The predicted octanol–water partition coefficient (Wildman–Crippen LogP) is 3.06. The van der Waals surface area contributed by atoms with Crippen molar-refractivity contribution in [3.63, 3.8) is 0 Å². The highest BCUT2D eigenvalue weighted by Gasteiger charge is 2.25. The van der Waals surface area contributed by atoms with Crippen molar-refractivity contribution in [1.82, 2.24) is 5.32 Å². The molecular formula is C22H27N3O5. The Bertz CT molecular complexity index is 887. The molecule has 0 fully saturated rings. The zero-order chi connectivity index (χ0) is 22.3. The minimum Gasteiger partial charge on any atom is -0.497 e. The van der Waals surface area contributed by atoms with Crippen LogP contribution in [0.1, 0.15) is 31.1 Å². The first-order chi connectivity index (χ1) is 14.2. The Balaban J connectivity index is 2.12. The smallest absolute Gasteiger partial charge is 0.252 e. The SMILES string of the molecule is COc1cc(OC)cc(C(=O)N[C@H](C(=O)Nc2ccc(NC(C)=O)cc2)C(C)C)c1. The van der Waals surface area contributed by atoms with Crippen molar-refractivity contribution < 1.29 is 23.9 Å². The largest absolute Gasteiger partial charge is 0.497 e. The Morgan fingerprint density at radius 2 is 1.33 bits per heavy atom. The van der Waals surface area contributed by atoms with E-state index in [1.165, 1.54) is 21.1 Å². The minimum atomic E-state index is -0.760. The zero-order valence-electron chi connectivity index (χ0n) is 17.7. The number of amides is 3. The molecule has 0 unspecified atom stereocenters. The van der Waals surface area contributed by atoms with Crippen LogP contribution >= 0.6 is 0 Å². The summed E-state index contributed by atoms with van der Waals surface area (Å²) in [5, 5.41) is 8.22. The maximum absolute atomic E-state index is 12.8. The third-order valence-electron chi connectivity index (χ3n) is 4.32. The fourth-order valence-electron chi connectivity index (χ4n) is 2.76. The van der Waals surface area contributed by atoms with Gasteiger partial charge in [-0.2, -0.15) is 0 Å². The van der Waals surface area contributed by atoms with Crippen molar-refractivity contribution in [3.05, 3.63) is 48.0 Å². The molecule has 8 nitrogen and oxygen atoms in total. The van der Waals surface area contributed by atoms with E-state index in [2.05, 4.69) is 16.0 Å². The van der Waals surface area contributed by atoms with Crippen LogP contribution in [0.4, 0.5) is 11.4 Å². The molecule has 0 aliphatic rings. The van der Waals surface area contributed by atoms with Crippen LogP contribution in [-0.2, 0) is 9.59 Å². The summed E-state index contributed by atoms with van der Waals surface area (Å²) in [6, 6.07) is 10.8. The molecule has 160 valence electrons. The van der Waals surface area contributed by atoms with Gasteiger partial charge in [-0.3, -0.25) is 14.4 Å². The number of rotatable bonds is 8. The molecule has 0 bridgehead atoms. The Kier molecular flexibility index (Phi) is 7.80. The third kappa shape index (κ3) is 6.23. The Morgan fingerprint density at radius 1 is 0.833 bits per heavy atom. The lowest BCUT2D eigenvalue weighted by atomic mass is 10.0. The maximum Gasteiger partial charge on any atom is 0.252 e. The van der Waals surface area contributed by atoms with E-state index in [1.807, 2.05) is 13.8 Å². The molecule has 0 aliphatic heterocycles. The van der Waals surface area contributed by atoms with Gasteiger partial charge in [0.2, 0.25) is 11.8 Å². The van der Waals surface area contributed by atoms with Gasteiger partial charge in [0, 0.05) is 29.9 Å². The van der Waals surface area contributed by atoms with Gasteiger partial charge in [0.25, 0.3) is 5.91 Å². The van der Waals surface area contributed by atoms with Crippen LogP contribution in [0, 0.1) is 5.92 Å². The van der Waals surface area contributed by atoms with E-state index in [1.54, 1.807) is 42.5 Å². The number of methoxy groups -OCH3 is 2. The second-order valence-electron chi connectivity index (χ2n) is 7.04. The van der Waals surface area contributed by atoms with Crippen LogP contribution in [-0.4, -0.2) is 38.0 Å². The van der Waals surface area contributed by atoms with Crippen LogP contribution in [0.5, 0.6) is 11.5 Å². The van der Waals surface area contributed by atoms with Gasteiger partial charge < -0.3 is 25.4 Å². The number of anilines is 2. The van der Waals surface area contributed by atoms with Gasteiger partial charge in [-0.05, 0) is 42.3 Å². The lowest BCUT2D eigenvalue weighted by molar-refractivity contribution is -0.119. The Morgan fingerprint density at radius 3 is 1.77 bits per heavy atom. The second kappa shape index (κ2) is 10.3. The Hall–Kier alpha value is -3.55. The quantitative estimate of drug-likeness (QED) is 0.617. The molecule has 0 saturated carbocycles. The van der Waals surface area contributed by atoms with Gasteiger partial charge in [-0.25, -0.2) is 0 Å². The summed E-state index contributed by atoms with van der Waals surface area (Å²) in [5.41, 5.74) is 1.50. The lowest BCUT2D eigenvalue weighted by Gasteiger charge is -2.22. The van der Waals surface area contributed by atoms with Gasteiger partial charge >= 0.3 is 0 Å². The summed E-state index contributed by atoms with van der Waals surface area (Å²) in [6.45, 7) is 5.11. The van der Waals surface area contributed by atoms with Gasteiger partial charge in [-0.1, -0.05) is 13.8 Å². The van der Waals surface area contributed by atoms with Gasteiger partial charge in [-0.15, -0.1) is 0 Å². The maximum atomic E-state index is 12.8. The molecule has 0 aromatic heterocycles. The van der Waals surface area contributed by atoms with Crippen LogP contribution in [0.25, 0.3) is 0 Å². The van der Waals surface area contributed by atoms with Crippen molar-refractivity contribution in [3.8, 4) is 11.5 Å². The van der Waals surface area contributed by atoms with Crippen molar-refractivity contribution in [1.29, 1.82) is 0 Å². The molecule has 1 atom stereocenters. The first kappa shape index (κ1) is 22.7. The molecule has 0 radical (unpaired) electrons. The molecule has 0 saturated heterocycles. The van der Waals surface area contributed by atoms with Crippen molar-refractivity contribution in [2.75, 3.05) is 24.9 Å². The van der Waals surface area contributed by atoms with Crippen LogP contribution in [0.15, 0.2) is 42.5 Å². The van der Waals surface area contributed by atoms with E-state index in [0.29, 0.717) is 28.4 Å². The highest BCUT2D eigenvalue weighted by molar-refractivity contribution is 6.01. The summed E-state index contributed by atoms with van der Waals surface area (Å²) in [4.78, 5) is 36.6. The van der Waals surface area contributed by atoms with Crippen molar-refractivity contribution in [2.45, 2.75) is 26.8 Å². The van der Waals surface area contributed by atoms with Crippen molar-refractivity contribution >= 4 is 29.1 Å². The molecule has 2 rings (SSSR count). The highest BCUT2D eigenvalue weighted by Crippen LogP contribution is 2.23. The highest BCUT2D eigenvalue weighted by atomic mass is 16.5. The monoisotopic (exact) mass is 413 g/mol. The molecule has 30 heavy (non-hydrogen) atoms. The predicted molar refractivity (Wildman–Crippen MR) is 115 cm³/mol. The van der Waals surface area contributed by atoms with E-state index < -0.39 is 11.9 Å². The fraction of sp³-hybridized carbons (Fsp3) is 0.318. The van der Waals surface area contributed by atoms with E-state index in [-0.39, 0.29) is 17.7 Å². The second-order valence-corrected chi connectivity index (χ2v) is 7.04. The molecule has 0 heterocycles. The number of nitrogens with one attached hydrogen (secondary N) is 3. The van der Waals surface area contributed by atoms with Crippen LogP contribution in [0.2, 0.25) is 0 Å². The molecule has 8 heteroatoms. The normalized spacial score (nSPS) is 11.4. The molecule has 3 amide bonds. The summed E-state index contributed by atoms with van der Waals surface area (Å²) in [7, 11) is 3.00. The van der Waals surface area contributed by atoms with Gasteiger partial charge in [0.15, 0.2) is 0 Å². The number of hydrogen-bond donors (Lipinski definition) is 3. The third-order valence-corrected chi connectivity index (χ3v) is 4.32. The van der Waals surface area contributed by atoms with E-state index >= 15 is 0 Å². The Labute approximate surface area is 175 Å². The number of ether oxygens (including phenoxy) is 2. The minimum absolute atomic E-state index is 0.153. The molecular weight excluding hydrogens is 386 g/mol. The zero-order valence-corrected chi connectivity index (χ0v) is 17.7. The average Bonchev–Trinajstić information content (AvgIpc) is 2.71. The van der Waals surface area contributed by atoms with Gasteiger partial charge in [0.1, 0.15) is 17.5 Å².